The molecule has 0 radical (unpaired) electrons. The monoisotopic (exact) mass is 296 g/mol. The van der Waals surface area contributed by atoms with Gasteiger partial charge in [0.1, 0.15) is 30.2 Å². The molecule has 6 heteroatoms. The Morgan fingerprint density at radius 2 is 1.86 bits per heavy atom. The predicted molar refractivity (Wildman–Crippen MR) is 72.6 cm³/mol. The van der Waals surface area contributed by atoms with Gasteiger partial charge < -0.3 is 29.2 Å². The molecular formula is C15H20O6. The summed E-state index contributed by atoms with van der Waals surface area (Å²) in [4.78, 5) is 0. The molecule has 0 bridgehead atoms. The van der Waals surface area contributed by atoms with Crippen LogP contribution in [-0.4, -0.2) is 53.3 Å². The third kappa shape index (κ3) is 3.04. The first-order valence-electron chi connectivity index (χ1n) is 7.01. The number of rotatable bonds is 2. The minimum Gasteiger partial charge on any atom is -0.462 e. The molecule has 2 aliphatic rings. The lowest BCUT2D eigenvalue weighted by Crippen LogP contribution is -2.65. The van der Waals surface area contributed by atoms with Crippen LogP contribution in [0.3, 0.4) is 0 Å². The lowest BCUT2D eigenvalue weighted by Gasteiger charge is -2.48. The van der Waals surface area contributed by atoms with Gasteiger partial charge in [-0.05, 0) is 26.0 Å². The number of para-hydroxylation sites is 1. The van der Waals surface area contributed by atoms with E-state index in [1.165, 1.54) is 0 Å². The van der Waals surface area contributed by atoms with E-state index >= 15 is 0 Å². The summed E-state index contributed by atoms with van der Waals surface area (Å²) in [6.45, 7) is 3.79. The molecule has 0 aliphatic carbocycles. The molecule has 2 saturated heterocycles. The van der Waals surface area contributed by atoms with Gasteiger partial charge in [0.25, 0.3) is 0 Å². The molecule has 0 spiro atoms. The quantitative estimate of drug-likeness (QED) is 0.835. The highest BCUT2D eigenvalue weighted by atomic mass is 16.8. The van der Waals surface area contributed by atoms with Crippen LogP contribution in [-0.2, 0) is 14.2 Å². The number of aliphatic hydroxyl groups excluding tert-OH is 2. The second-order valence-electron chi connectivity index (χ2n) is 5.75. The van der Waals surface area contributed by atoms with E-state index in [1.807, 2.05) is 18.2 Å². The lowest BCUT2D eigenvalue weighted by molar-refractivity contribution is -0.373. The van der Waals surface area contributed by atoms with Crippen molar-refractivity contribution in [3.8, 4) is 5.75 Å². The molecule has 0 aromatic heterocycles. The molecule has 116 valence electrons. The van der Waals surface area contributed by atoms with Crippen LogP contribution in [0.2, 0.25) is 0 Å². The Morgan fingerprint density at radius 3 is 2.57 bits per heavy atom. The molecule has 5 unspecified atom stereocenters. The smallest absolute Gasteiger partial charge is 0.229 e. The standard InChI is InChI=1S/C15H20O6/c1-15(2)18-8-10-13(21-15)11(16)12(17)14(20-10)19-9-6-4-3-5-7-9/h3-7,10-14,16-17H,8H2,1-2H3. The molecule has 0 saturated carbocycles. The van der Waals surface area contributed by atoms with Crippen LogP contribution in [0.4, 0.5) is 0 Å². The molecule has 21 heavy (non-hydrogen) atoms. The maximum absolute atomic E-state index is 10.3. The van der Waals surface area contributed by atoms with E-state index in [4.69, 9.17) is 18.9 Å². The number of hydrogen-bond acceptors (Lipinski definition) is 6. The van der Waals surface area contributed by atoms with Gasteiger partial charge in [-0.15, -0.1) is 0 Å². The Balaban J connectivity index is 1.72. The summed E-state index contributed by atoms with van der Waals surface area (Å²) >= 11 is 0. The van der Waals surface area contributed by atoms with Gasteiger partial charge in [-0.1, -0.05) is 18.2 Å². The van der Waals surface area contributed by atoms with E-state index in [0.29, 0.717) is 5.75 Å². The van der Waals surface area contributed by atoms with Gasteiger partial charge in [-0.2, -0.15) is 0 Å². The van der Waals surface area contributed by atoms with E-state index in [0.717, 1.165) is 0 Å². The van der Waals surface area contributed by atoms with Gasteiger partial charge in [0.2, 0.25) is 6.29 Å². The number of aliphatic hydroxyl groups is 2. The third-order valence-electron chi connectivity index (χ3n) is 3.65. The topological polar surface area (TPSA) is 77.4 Å². The van der Waals surface area contributed by atoms with E-state index < -0.39 is 36.5 Å². The first-order valence-corrected chi connectivity index (χ1v) is 7.01. The van der Waals surface area contributed by atoms with Crippen LogP contribution in [0.1, 0.15) is 13.8 Å². The van der Waals surface area contributed by atoms with Gasteiger partial charge in [-0.3, -0.25) is 0 Å². The van der Waals surface area contributed by atoms with E-state index in [2.05, 4.69) is 0 Å². The average Bonchev–Trinajstić information content (AvgIpc) is 2.46. The van der Waals surface area contributed by atoms with Crippen molar-refractivity contribution < 1.29 is 29.2 Å². The fraction of sp³-hybridized carbons (Fsp3) is 0.600. The van der Waals surface area contributed by atoms with E-state index in [-0.39, 0.29) is 6.61 Å². The predicted octanol–water partition coefficient (Wildman–Crippen LogP) is 0.664. The van der Waals surface area contributed by atoms with E-state index in [1.54, 1.807) is 26.0 Å². The summed E-state index contributed by atoms with van der Waals surface area (Å²) in [6.07, 6.45) is -4.37. The zero-order valence-electron chi connectivity index (χ0n) is 12.0. The van der Waals surface area contributed by atoms with Gasteiger partial charge >= 0.3 is 0 Å². The molecule has 5 atom stereocenters. The zero-order chi connectivity index (χ0) is 15.0. The summed E-state index contributed by atoms with van der Waals surface area (Å²) in [5.41, 5.74) is 0. The highest BCUT2D eigenvalue weighted by Gasteiger charge is 2.51. The van der Waals surface area contributed by atoms with E-state index in [9.17, 15) is 10.2 Å². The third-order valence-corrected chi connectivity index (χ3v) is 3.65. The minimum absolute atomic E-state index is 0.274. The molecular weight excluding hydrogens is 276 g/mol. The molecule has 2 heterocycles. The molecule has 2 fully saturated rings. The Kier molecular flexibility index (Phi) is 3.90. The molecule has 1 aromatic rings. The highest BCUT2D eigenvalue weighted by molar-refractivity contribution is 5.21. The van der Waals surface area contributed by atoms with Crippen molar-refractivity contribution in [2.45, 2.75) is 50.3 Å². The highest BCUT2D eigenvalue weighted by Crippen LogP contribution is 2.33. The number of fused-ring (bicyclic) bond motifs is 1. The fourth-order valence-electron chi connectivity index (χ4n) is 2.56. The van der Waals surface area contributed by atoms with Crippen LogP contribution >= 0.6 is 0 Å². The van der Waals surface area contributed by atoms with Crippen molar-refractivity contribution in [1.29, 1.82) is 0 Å². The Labute approximate surface area is 123 Å². The Bertz CT molecular complexity index is 474. The van der Waals surface area contributed by atoms with Crippen LogP contribution in [0.5, 0.6) is 5.75 Å². The minimum atomic E-state index is -1.19. The van der Waals surface area contributed by atoms with Crippen molar-refractivity contribution in [3.63, 3.8) is 0 Å². The first kappa shape index (κ1) is 14.7. The van der Waals surface area contributed by atoms with Crippen molar-refractivity contribution in [1.82, 2.24) is 0 Å². The molecule has 1 aromatic carbocycles. The van der Waals surface area contributed by atoms with Crippen LogP contribution in [0, 0.1) is 0 Å². The summed E-state index contributed by atoms with van der Waals surface area (Å²) in [7, 11) is 0. The summed E-state index contributed by atoms with van der Waals surface area (Å²) in [5, 5.41) is 20.5. The second kappa shape index (κ2) is 5.55. The summed E-state index contributed by atoms with van der Waals surface area (Å²) < 4.78 is 22.5. The largest absolute Gasteiger partial charge is 0.462 e. The van der Waals surface area contributed by atoms with Gasteiger partial charge in [0.05, 0.1) is 6.61 Å². The van der Waals surface area contributed by atoms with Gasteiger partial charge in [0.15, 0.2) is 5.79 Å². The van der Waals surface area contributed by atoms with Crippen LogP contribution in [0.25, 0.3) is 0 Å². The second-order valence-corrected chi connectivity index (χ2v) is 5.75. The average molecular weight is 296 g/mol. The first-order chi connectivity index (χ1) is 9.96. The lowest BCUT2D eigenvalue weighted by atomic mass is 9.97. The van der Waals surface area contributed by atoms with Crippen LogP contribution in [0.15, 0.2) is 30.3 Å². The SMILES string of the molecule is CC1(C)OCC2OC(Oc3ccccc3)C(O)C(O)C2O1. The Hall–Kier alpha value is -1.18. The van der Waals surface area contributed by atoms with Crippen molar-refractivity contribution in [2.75, 3.05) is 6.61 Å². The zero-order valence-corrected chi connectivity index (χ0v) is 12.0. The number of hydrogen-bond donors (Lipinski definition) is 2. The fourth-order valence-corrected chi connectivity index (χ4v) is 2.56. The van der Waals surface area contributed by atoms with Crippen molar-refractivity contribution >= 4 is 0 Å². The molecule has 2 aliphatic heterocycles. The van der Waals surface area contributed by atoms with Crippen molar-refractivity contribution in [2.24, 2.45) is 0 Å². The number of benzene rings is 1. The maximum Gasteiger partial charge on any atom is 0.229 e. The molecule has 6 nitrogen and oxygen atoms in total. The normalized spacial score (nSPS) is 38.6. The van der Waals surface area contributed by atoms with Crippen LogP contribution < -0.4 is 4.74 Å². The summed E-state index contributed by atoms with van der Waals surface area (Å²) in [5.74, 6) is -0.247. The maximum atomic E-state index is 10.3. The molecule has 2 N–H and O–H groups in total. The molecule has 0 amide bonds. The summed E-state index contributed by atoms with van der Waals surface area (Å²) in [6, 6.07) is 9.01. The molecule has 3 rings (SSSR count). The van der Waals surface area contributed by atoms with Gasteiger partial charge in [0, 0.05) is 0 Å². The van der Waals surface area contributed by atoms with Gasteiger partial charge in [-0.25, -0.2) is 0 Å². The van der Waals surface area contributed by atoms with Crippen molar-refractivity contribution in [3.05, 3.63) is 30.3 Å². The Morgan fingerprint density at radius 1 is 1.14 bits per heavy atom. The number of ether oxygens (including phenoxy) is 4.